The first-order chi connectivity index (χ1) is 8.28. The first-order valence-corrected chi connectivity index (χ1v) is 6.07. The van der Waals surface area contributed by atoms with E-state index in [1.165, 1.54) is 6.42 Å². The molecule has 90 valence electrons. The molecule has 17 heavy (non-hydrogen) atoms. The molecule has 1 N–H and O–H groups in total. The molecule has 5 nitrogen and oxygen atoms in total. The van der Waals surface area contributed by atoms with Crippen LogP contribution in [0.25, 0.3) is 5.65 Å². The van der Waals surface area contributed by atoms with E-state index in [0.29, 0.717) is 6.04 Å². The van der Waals surface area contributed by atoms with E-state index >= 15 is 0 Å². The van der Waals surface area contributed by atoms with E-state index in [9.17, 15) is 5.11 Å². The van der Waals surface area contributed by atoms with Crippen molar-refractivity contribution in [3.05, 3.63) is 24.2 Å². The second-order valence-electron chi connectivity index (χ2n) is 4.45. The van der Waals surface area contributed by atoms with E-state index in [0.717, 1.165) is 31.0 Å². The van der Waals surface area contributed by atoms with Gasteiger partial charge in [-0.3, -0.25) is 4.90 Å². The van der Waals surface area contributed by atoms with Crippen molar-refractivity contribution in [3.8, 4) is 5.75 Å². The lowest BCUT2D eigenvalue weighted by molar-refractivity contribution is 0.262. The lowest BCUT2D eigenvalue weighted by Gasteiger charge is -2.19. The van der Waals surface area contributed by atoms with Crippen LogP contribution in [-0.2, 0) is 0 Å². The number of aromatic hydroxyl groups is 1. The Morgan fingerprint density at radius 1 is 1.47 bits per heavy atom. The van der Waals surface area contributed by atoms with Gasteiger partial charge in [-0.2, -0.15) is 0 Å². The van der Waals surface area contributed by atoms with Gasteiger partial charge in [-0.25, -0.2) is 9.50 Å². The minimum absolute atomic E-state index is 0.215. The molecule has 2 aromatic heterocycles. The molecule has 1 unspecified atom stereocenters. The van der Waals surface area contributed by atoms with Gasteiger partial charge in [0.25, 0.3) is 0 Å². The van der Waals surface area contributed by atoms with E-state index < -0.39 is 0 Å². The van der Waals surface area contributed by atoms with Gasteiger partial charge in [0.05, 0.1) is 12.2 Å². The molecule has 0 amide bonds. The van der Waals surface area contributed by atoms with Gasteiger partial charge in [0.2, 0.25) is 0 Å². The Kier molecular flexibility index (Phi) is 2.48. The molecule has 3 rings (SSSR count). The van der Waals surface area contributed by atoms with Gasteiger partial charge in [-0.1, -0.05) is 6.92 Å². The van der Waals surface area contributed by atoms with E-state index in [-0.39, 0.29) is 5.75 Å². The van der Waals surface area contributed by atoms with Crippen molar-refractivity contribution >= 4 is 5.65 Å². The van der Waals surface area contributed by atoms with Crippen LogP contribution in [0, 0.1) is 0 Å². The number of nitrogens with zero attached hydrogens (tertiary/aromatic N) is 4. The SMILES string of the molecule is CCN1CCCC1c1nc2ccc(O)cn2n1. The molecular weight excluding hydrogens is 216 g/mol. The van der Waals surface area contributed by atoms with Crippen molar-refractivity contribution < 1.29 is 5.11 Å². The molecule has 1 fully saturated rings. The summed E-state index contributed by atoms with van der Waals surface area (Å²) in [6, 6.07) is 3.76. The largest absolute Gasteiger partial charge is 0.506 e. The summed E-state index contributed by atoms with van der Waals surface area (Å²) in [7, 11) is 0. The first kappa shape index (κ1) is 10.5. The third kappa shape index (κ3) is 1.76. The molecule has 0 aliphatic carbocycles. The van der Waals surface area contributed by atoms with Crippen LogP contribution >= 0.6 is 0 Å². The normalized spacial score (nSPS) is 21.4. The van der Waals surface area contributed by atoms with Gasteiger partial charge in [-0.05, 0) is 38.1 Å². The predicted molar refractivity (Wildman–Crippen MR) is 63.9 cm³/mol. The number of rotatable bonds is 2. The molecule has 1 saturated heterocycles. The van der Waals surface area contributed by atoms with Crippen LogP contribution in [0.5, 0.6) is 5.75 Å². The summed E-state index contributed by atoms with van der Waals surface area (Å²) in [5.74, 6) is 1.09. The van der Waals surface area contributed by atoms with Crippen LogP contribution in [0.4, 0.5) is 0 Å². The summed E-state index contributed by atoms with van der Waals surface area (Å²) in [5, 5.41) is 13.9. The predicted octanol–water partition coefficient (Wildman–Crippen LogP) is 1.59. The van der Waals surface area contributed by atoms with Gasteiger partial charge in [0.15, 0.2) is 11.5 Å². The minimum atomic E-state index is 0.215. The number of hydrogen-bond acceptors (Lipinski definition) is 4. The van der Waals surface area contributed by atoms with Gasteiger partial charge in [0, 0.05) is 0 Å². The van der Waals surface area contributed by atoms with Crippen molar-refractivity contribution in [1.82, 2.24) is 19.5 Å². The highest BCUT2D eigenvalue weighted by molar-refractivity contribution is 5.40. The van der Waals surface area contributed by atoms with Crippen molar-refractivity contribution in [1.29, 1.82) is 0 Å². The van der Waals surface area contributed by atoms with Crippen LogP contribution < -0.4 is 0 Å². The first-order valence-electron chi connectivity index (χ1n) is 6.07. The Morgan fingerprint density at radius 2 is 2.35 bits per heavy atom. The average molecular weight is 232 g/mol. The maximum absolute atomic E-state index is 9.40. The van der Waals surface area contributed by atoms with Crippen LogP contribution in [0.15, 0.2) is 18.3 Å². The van der Waals surface area contributed by atoms with Crippen LogP contribution in [-0.4, -0.2) is 37.7 Å². The topological polar surface area (TPSA) is 53.7 Å². The zero-order valence-corrected chi connectivity index (χ0v) is 9.87. The number of pyridine rings is 1. The van der Waals surface area contributed by atoms with E-state index in [1.807, 2.05) is 0 Å². The number of aromatic nitrogens is 3. The molecule has 1 atom stereocenters. The quantitative estimate of drug-likeness (QED) is 0.854. The number of hydrogen-bond donors (Lipinski definition) is 1. The highest BCUT2D eigenvalue weighted by Crippen LogP contribution is 2.29. The van der Waals surface area contributed by atoms with Crippen LogP contribution in [0.3, 0.4) is 0 Å². The Bertz CT molecular complexity index is 536. The van der Waals surface area contributed by atoms with Crippen molar-refractivity contribution in [3.63, 3.8) is 0 Å². The Hall–Kier alpha value is -1.62. The highest BCUT2D eigenvalue weighted by Gasteiger charge is 2.27. The summed E-state index contributed by atoms with van der Waals surface area (Å²) in [4.78, 5) is 6.93. The maximum Gasteiger partial charge on any atom is 0.168 e. The lowest BCUT2D eigenvalue weighted by atomic mass is 10.2. The summed E-state index contributed by atoms with van der Waals surface area (Å²) < 4.78 is 1.65. The fraction of sp³-hybridized carbons (Fsp3) is 0.500. The molecular formula is C12H16N4O. The summed E-state index contributed by atoms with van der Waals surface area (Å²) in [6.07, 6.45) is 3.92. The molecule has 0 saturated carbocycles. The monoisotopic (exact) mass is 232 g/mol. The van der Waals surface area contributed by atoms with Crippen molar-refractivity contribution in [2.75, 3.05) is 13.1 Å². The Labute approximate surface area is 99.7 Å². The molecule has 3 heterocycles. The Morgan fingerprint density at radius 3 is 3.18 bits per heavy atom. The van der Waals surface area contributed by atoms with E-state index in [1.54, 1.807) is 22.8 Å². The second kappa shape index (κ2) is 4.00. The molecule has 2 aromatic rings. The molecule has 0 bridgehead atoms. The third-order valence-electron chi connectivity index (χ3n) is 3.40. The maximum atomic E-state index is 9.40. The van der Waals surface area contributed by atoms with E-state index in [4.69, 9.17) is 0 Å². The molecule has 0 radical (unpaired) electrons. The summed E-state index contributed by atoms with van der Waals surface area (Å²) in [6.45, 7) is 4.33. The Balaban J connectivity index is 2.00. The summed E-state index contributed by atoms with van der Waals surface area (Å²) >= 11 is 0. The van der Waals surface area contributed by atoms with Crippen LogP contribution in [0.2, 0.25) is 0 Å². The lowest BCUT2D eigenvalue weighted by Crippen LogP contribution is -2.23. The average Bonchev–Trinajstić information content (AvgIpc) is 2.93. The van der Waals surface area contributed by atoms with Crippen molar-refractivity contribution in [2.24, 2.45) is 0 Å². The van der Waals surface area contributed by atoms with Gasteiger partial charge in [-0.15, -0.1) is 5.10 Å². The number of likely N-dealkylation sites (tertiary alicyclic amines) is 1. The van der Waals surface area contributed by atoms with Gasteiger partial charge in [0.1, 0.15) is 5.75 Å². The number of fused-ring (bicyclic) bond motifs is 1. The van der Waals surface area contributed by atoms with E-state index in [2.05, 4.69) is 21.9 Å². The molecule has 0 spiro atoms. The molecule has 0 aromatic carbocycles. The van der Waals surface area contributed by atoms with Gasteiger partial charge >= 0.3 is 0 Å². The zero-order chi connectivity index (χ0) is 11.8. The minimum Gasteiger partial charge on any atom is -0.506 e. The summed E-state index contributed by atoms with van der Waals surface area (Å²) in [5.41, 5.74) is 0.792. The smallest absolute Gasteiger partial charge is 0.168 e. The fourth-order valence-corrected chi connectivity index (χ4v) is 2.53. The van der Waals surface area contributed by atoms with Gasteiger partial charge < -0.3 is 5.11 Å². The highest BCUT2D eigenvalue weighted by atomic mass is 16.3. The zero-order valence-electron chi connectivity index (χ0n) is 9.87. The standard InChI is InChI=1S/C12H16N4O/c1-2-15-7-3-4-10(15)12-13-11-6-5-9(17)8-16(11)14-12/h5-6,8,10,17H,2-4,7H2,1H3. The fourth-order valence-electron chi connectivity index (χ4n) is 2.53. The molecule has 1 aliphatic rings. The second-order valence-corrected chi connectivity index (χ2v) is 4.45. The third-order valence-corrected chi connectivity index (χ3v) is 3.40. The van der Waals surface area contributed by atoms with Crippen LogP contribution in [0.1, 0.15) is 31.6 Å². The van der Waals surface area contributed by atoms with Crippen molar-refractivity contribution in [2.45, 2.75) is 25.8 Å². The molecule has 5 heteroatoms. The molecule has 1 aliphatic heterocycles.